The summed E-state index contributed by atoms with van der Waals surface area (Å²) in [4.78, 5) is 21.7. The van der Waals surface area contributed by atoms with Gasteiger partial charge >= 0.3 is 11.9 Å². The lowest BCUT2D eigenvalue weighted by molar-refractivity contribution is -0.155. The summed E-state index contributed by atoms with van der Waals surface area (Å²) in [6, 6.07) is 0. The minimum Gasteiger partial charge on any atom is -0.468 e. The van der Waals surface area contributed by atoms with Crippen molar-refractivity contribution < 1.29 is 19.1 Å². The largest absolute Gasteiger partial charge is 0.468 e. The fourth-order valence-electron chi connectivity index (χ4n) is 0.552. The lowest BCUT2D eigenvalue weighted by Crippen LogP contribution is -2.24. The van der Waals surface area contributed by atoms with Crippen LogP contribution in [0.4, 0.5) is 0 Å². The molecule has 0 atom stereocenters. The average Bonchev–Trinajstić information content (AvgIpc) is 2.11. The van der Waals surface area contributed by atoms with Gasteiger partial charge in [0.05, 0.1) is 14.2 Å². The summed E-state index contributed by atoms with van der Waals surface area (Å²) in [5.74, 6) is 1.81. The van der Waals surface area contributed by atoms with E-state index < -0.39 is 17.9 Å². The van der Waals surface area contributed by atoms with E-state index >= 15 is 0 Å². The SMILES string of the molecule is [CH2]C#CC(C(=O)OC)C(=O)OC. The van der Waals surface area contributed by atoms with Crippen molar-refractivity contribution in [2.45, 2.75) is 0 Å². The molecule has 0 aromatic carbocycles. The minimum atomic E-state index is -1.18. The van der Waals surface area contributed by atoms with Gasteiger partial charge in [0.25, 0.3) is 0 Å². The zero-order valence-electron chi connectivity index (χ0n) is 6.92. The van der Waals surface area contributed by atoms with Crippen molar-refractivity contribution in [1.29, 1.82) is 0 Å². The smallest absolute Gasteiger partial charge is 0.332 e. The van der Waals surface area contributed by atoms with Gasteiger partial charge in [-0.05, 0) is 0 Å². The molecule has 0 unspecified atom stereocenters. The Morgan fingerprint density at radius 2 is 1.67 bits per heavy atom. The molecule has 0 heterocycles. The Balaban J connectivity index is 4.50. The fraction of sp³-hybridized carbons (Fsp3) is 0.375. The average molecular weight is 169 g/mol. The zero-order valence-corrected chi connectivity index (χ0v) is 6.92. The molecule has 0 saturated heterocycles. The highest BCUT2D eigenvalue weighted by Crippen LogP contribution is 1.99. The van der Waals surface area contributed by atoms with Gasteiger partial charge in [-0.1, -0.05) is 5.92 Å². The molecule has 0 bridgehead atoms. The van der Waals surface area contributed by atoms with Crippen molar-refractivity contribution in [2.24, 2.45) is 5.92 Å². The van der Waals surface area contributed by atoms with Crippen LogP contribution in [0.1, 0.15) is 0 Å². The summed E-state index contributed by atoms with van der Waals surface area (Å²) in [7, 11) is 2.34. The quantitative estimate of drug-likeness (QED) is 0.326. The van der Waals surface area contributed by atoms with Gasteiger partial charge in [-0.2, -0.15) is 0 Å². The summed E-state index contributed by atoms with van der Waals surface area (Å²) >= 11 is 0. The number of hydrogen-bond acceptors (Lipinski definition) is 4. The Kier molecular flexibility index (Phi) is 4.54. The molecule has 0 N–H and O–H groups in total. The summed E-state index contributed by atoms with van der Waals surface area (Å²) in [5, 5.41) is 0. The van der Waals surface area contributed by atoms with E-state index in [2.05, 4.69) is 28.2 Å². The van der Waals surface area contributed by atoms with E-state index in [1.54, 1.807) is 0 Å². The second-order valence-corrected chi connectivity index (χ2v) is 1.80. The van der Waals surface area contributed by atoms with Gasteiger partial charge < -0.3 is 9.47 Å². The first kappa shape index (κ1) is 10.5. The van der Waals surface area contributed by atoms with Gasteiger partial charge in [0.15, 0.2) is 0 Å². The van der Waals surface area contributed by atoms with Crippen LogP contribution in [0.25, 0.3) is 0 Å². The summed E-state index contributed by atoms with van der Waals surface area (Å²) in [5.41, 5.74) is 0. The Labute approximate surface area is 70.8 Å². The van der Waals surface area contributed by atoms with Crippen LogP contribution in [0.3, 0.4) is 0 Å². The van der Waals surface area contributed by atoms with Crippen molar-refractivity contribution >= 4 is 11.9 Å². The van der Waals surface area contributed by atoms with E-state index in [0.29, 0.717) is 0 Å². The highest BCUT2D eigenvalue weighted by Gasteiger charge is 2.25. The Bertz CT molecular complexity index is 217. The number of carbonyl (C=O) groups excluding carboxylic acids is 2. The molecule has 0 amide bonds. The number of methoxy groups -OCH3 is 2. The normalized spacial score (nSPS) is 8.33. The third kappa shape index (κ3) is 2.62. The van der Waals surface area contributed by atoms with E-state index in [9.17, 15) is 9.59 Å². The van der Waals surface area contributed by atoms with E-state index in [4.69, 9.17) is 0 Å². The molecule has 0 aromatic heterocycles. The lowest BCUT2D eigenvalue weighted by atomic mass is 10.1. The van der Waals surface area contributed by atoms with Gasteiger partial charge in [-0.25, -0.2) is 0 Å². The van der Waals surface area contributed by atoms with Crippen molar-refractivity contribution in [3.63, 3.8) is 0 Å². The van der Waals surface area contributed by atoms with Crippen molar-refractivity contribution in [3.05, 3.63) is 6.92 Å². The maximum Gasteiger partial charge on any atom is 0.332 e. The number of esters is 2. The number of hydrogen-bond donors (Lipinski definition) is 0. The van der Waals surface area contributed by atoms with Crippen molar-refractivity contribution in [1.82, 2.24) is 0 Å². The van der Waals surface area contributed by atoms with Crippen molar-refractivity contribution in [3.8, 4) is 11.8 Å². The van der Waals surface area contributed by atoms with Crippen LogP contribution in [0.15, 0.2) is 0 Å². The number of carbonyl (C=O) groups is 2. The second kappa shape index (κ2) is 5.19. The molecule has 0 aliphatic carbocycles. The molecule has 4 nitrogen and oxygen atoms in total. The Hall–Kier alpha value is -1.50. The highest BCUT2D eigenvalue weighted by molar-refractivity contribution is 5.98. The van der Waals surface area contributed by atoms with Gasteiger partial charge in [0, 0.05) is 6.92 Å². The van der Waals surface area contributed by atoms with E-state index in [-0.39, 0.29) is 0 Å². The topological polar surface area (TPSA) is 52.6 Å². The van der Waals surface area contributed by atoms with E-state index in [1.165, 1.54) is 14.2 Å². The first-order chi connectivity index (χ1) is 5.67. The number of ether oxygens (including phenoxy) is 2. The van der Waals surface area contributed by atoms with Crippen molar-refractivity contribution in [2.75, 3.05) is 14.2 Å². The Morgan fingerprint density at radius 3 is 1.92 bits per heavy atom. The second-order valence-electron chi connectivity index (χ2n) is 1.80. The highest BCUT2D eigenvalue weighted by atomic mass is 16.5. The van der Waals surface area contributed by atoms with Crippen LogP contribution in [-0.2, 0) is 19.1 Å². The summed E-state index contributed by atoms with van der Waals surface area (Å²) in [6.07, 6.45) is 0. The third-order valence-electron chi connectivity index (χ3n) is 1.12. The van der Waals surface area contributed by atoms with Gasteiger partial charge in [0.1, 0.15) is 0 Å². The molecule has 0 aromatic rings. The predicted octanol–water partition coefficient (Wildman–Crippen LogP) is -0.214. The van der Waals surface area contributed by atoms with Gasteiger partial charge in [-0.15, -0.1) is 5.92 Å². The molecular weight excluding hydrogens is 160 g/mol. The molecule has 0 rings (SSSR count). The molecule has 12 heavy (non-hydrogen) atoms. The standard InChI is InChI=1S/C8H9O4/c1-4-5-6(7(9)11-2)8(10)12-3/h6H,1H2,2-3H3. The van der Waals surface area contributed by atoms with Crippen LogP contribution in [0.5, 0.6) is 0 Å². The molecule has 65 valence electrons. The van der Waals surface area contributed by atoms with Crippen LogP contribution in [-0.4, -0.2) is 26.2 Å². The van der Waals surface area contributed by atoms with Crippen LogP contribution < -0.4 is 0 Å². The first-order valence-corrected chi connectivity index (χ1v) is 3.10. The molecule has 0 aliphatic heterocycles. The molecule has 4 heteroatoms. The molecule has 0 spiro atoms. The Morgan fingerprint density at radius 1 is 1.25 bits per heavy atom. The minimum absolute atomic E-state index is 0.738. The van der Waals surface area contributed by atoms with Gasteiger partial charge in [-0.3, -0.25) is 9.59 Å². The monoisotopic (exact) mass is 169 g/mol. The number of rotatable bonds is 2. The van der Waals surface area contributed by atoms with Crippen LogP contribution >= 0.6 is 0 Å². The maximum atomic E-state index is 10.8. The predicted molar refractivity (Wildman–Crippen MR) is 40.7 cm³/mol. The molecule has 1 radical (unpaired) electrons. The summed E-state index contributed by atoms with van der Waals surface area (Å²) < 4.78 is 8.64. The maximum absolute atomic E-state index is 10.8. The van der Waals surface area contributed by atoms with Gasteiger partial charge in [0.2, 0.25) is 5.92 Å². The molecule has 0 fully saturated rings. The summed E-state index contributed by atoms with van der Waals surface area (Å²) in [6.45, 7) is 3.18. The third-order valence-corrected chi connectivity index (χ3v) is 1.12. The first-order valence-electron chi connectivity index (χ1n) is 3.10. The zero-order chi connectivity index (χ0) is 9.56. The van der Waals surface area contributed by atoms with Crippen LogP contribution in [0.2, 0.25) is 0 Å². The van der Waals surface area contributed by atoms with E-state index in [1.807, 2.05) is 0 Å². The molecular formula is C8H9O4. The fourth-order valence-corrected chi connectivity index (χ4v) is 0.552. The molecule has 0 aliphatic rings. The van der Waals surface area contributed by atoms with Crippen LogP contribution in [0, 0.1) is 24.7 Å². The lowest BCUT2D eigenvalue weighted by Gasteiger charge is -2.04. The van der Waals surface area contributed by atoms with E-state index in [0.717, 1.165) is 0 Å². The molecule has 0 saturated carbocycles.